The summed E-state index contributed by atoms with van der Waals surface area (Å²) in [6.45, 7) is 7.05. The highest BCUT2D eigenvalue weighted by Gasteiger charge is 2.20. The van der Waals surface area contributed by atoms with Gasteiger partial charge in [0.1, 0.15) is 10.6 Å². The molecule has 1 aromatic rings. The van der Waals surface area contributed by atoms with Crippen LogP contribution in [0.5, 0.6) is 0 Å². The summed E-state index contributed by atoms with van der Waals surface area (Å²) in [7, 11) is -1.78. The van der Waals surface area contributed by atoms with E-state index < -0.39 is 16.0 Å². The first-order valence-corrected chi connectivity index (χ1v) is 8.30. The van der Waals surface area contributed by atoms with Crippen LogP contribution < -0.4 is 4.72 Å². The Hall–Kier alpha value is -1.38. The van der Waals surface area contributed by atoms with Crippen LogP contribution >= 0.6 is 0 Å². The summed E-state index contributed by atoms with van der Waals surface area (Å²) in [4.78, 5) is 13.1. The normalized spacial score (nSPS) is 12.3. The molecule has 0 amide bonds. The molecule has 120 valence electrons. The zero-order valence-electron chi connectivity index (χ0n) is 12.8. The number of nitrogens with zero attached hydrogens (tertiary/aromatic N) is 2. The molecule has 0 saturated heterocycles. The Morgan fingerprint density at radius 3 is 2.52 bits per heavy atom. The predicted octanol–water partition coefficient (Wildman–Crippen LogP) is 0.825. The van der Waals surface area contributed by atoms with Crippen molar-refractivity contribution in [3.63, 3.8) is 0 Å². The maximum atomic E-state index is 12.2. The number of rotatable bonds is 8. The van der Waals surface area contributed by atoms with Crippen molar-refractivity contribution in [3.8, 4) is 0 Å². The second-order valence-electron chi connectivity index (χ2n) is 5.12. The van der Waals surface area contributed by atoms with Crippen LogP contribution in [0, 0.1) is 0 Å². The van der Waals surface area contributed by atoms with Gasteiger partial charge in [-0.1, -0.05) is 0 Å². The van der Waals surface area contributed by atoms with Crippen LogP contribution in [0.15, 0.2) is 17.2 Å². The van der Waals surface area contributed by atoms with Crippen LogP contribution in [0.1, 0.15) is 31.3 Å². The van der Waals surface area contributed by atoms with Gasteiger partial charge in [0.2, 0.25) is 10.0 Å². The summed E-state index contributed by atoms with van der Waals surface area (Å²) < 4.78 is 28.2. The van der Waals surface area contributed by atoms with E-state index in [1.807, 2.05) is 25.8 Å². The number of aryl methyl sites for hydroxylation is 1. The van der Waals surface area contributed by atoms with Gasteiger partial charge in [0.25, 0.3) is 0 Å². The molecule has 0 atom stereocenters. The number of aromatic carboxylic acids is 1. The highest BCUT2D eigenvalue weighted by molar-refractivity contribution is 7.89. The van der Waals surface area contributed by atoms with Crippen molar-refractivity contribution in [2.24, 2.45) is 0 Å². The standard InChI is InChI=1S/C13H23N3O4S/c1-5-16-9-11(8-12(16)13(17)18)21(19,20)14-6-7-15(4)10(2)3/h8-10,14H,5-7H2,1-4H3,(H,17,18). The topological polar surface area (TPSA) is 91.6 Å². The molecule has 1 rings (SSSR count). The van der Waals surface area contributed by atoms with Crippen molar-refractivity contribution >= 4 is 16.0 Å². The van der Waals surface area contributed by atoms with Crippen molar-refractivity contribution < 1.29 is 18.3 Å². The third kappa shape index (κ3) is 4.55. The molecule has 0 aliphatic carbocycles. The lowest BCUT2D eigenvalue weighted by molar-refractivity contribution is 0.0685. The zero-order chi connectivity index (χ0) is 16.2. The van der Waals surface area contributed by atoms with Crippen LogP contribution in [-0.4, -0.2) is 55.1 Å². The third-order valence-corrected chi connectivity index (χ3v) is 4.81. The number of hydrogen-bond donors (Lipinski definition) is 2. The molecule has 21 heavy (non-hydrogen) atoms. The number of nitrogens with one attached hydrogen (secondary N) is 1. The second-order valence-corrected chi connectivity index (χ2v) is 6.89. The minimum absolute atomic E-state index is 0.0195. The number of hydrogen-bond acceptors (Lipinski definition) is 4. The fourth-order valence-electron chi connectivity index (χ4n) is 1.77. The minimum atomic E-state index is -3.69. The van der Waals surface area contributed by atoms with E-state index in [-0.39, 0.29) is 17.1 Å². The number of carboxylic acids is 1. The molecular formula is C13H23N3O4S. The Balaban J connectivity index is 2.81. The molecule has 0 spiro atoms. The number of carboxylic acid groups (broad SMARTS) is 1. The van der Waals surface area contributed by atoms with E-state index in [0.717, 1.165) is 0 Å². The van der Waals surface area contributed by atoms with E-state index in [1.165, 1.54) is 16.8 Å². The maximum Gasteiger partial charge on any atom is 0.352 e. The summed E-state index contributed by atoms with van der Waals surface area (Å²) in [5.74, 6) is -1.14. The molecule has 0 aliphatic heterocycles. The Morgan fingerprint density at radius 2 is 2.10 bits per heavy atom. The molecule has 2 N–H and O–H groups in total. The SMILES string of the molecule is CCn1cc(S(=O)(=O)NCCN(C)C(C)C)cc1C(=O)O. The first-order chi connectivity index (χ1) is 9.69. The van der Waals surface area contributed by atoms with Gasteiger partial charge in [0.05, 0.1) is 0 Å². The Bertz CT molecular complexity index is 593. The highest BCUT2D eigenvalue weighted by Crippen LogP contribution is 2.14. The van der Waals surface area contributed by atoms with Crippen molar-refractivity contribution in [1.29, 1.82) is 0 Å². The molecule has 1 aromatic heterocycles. The van der Waals surface area contributed by atoms with E-state index in [4.69, 9.17) is 5.11 Å². The molecule has 0 saturated carbocycles. The maximum absolute atomic E-state index is 12.2. The van der Waals surface area contributed by atoms with Crippen molar-refractivity contribution in [1.82, 2.24) is 14.2 Å². The molecular weight excluding hydrogens is 294 g/mol. The summed E-state index contributed by atoms with van der Waals surface area (Å²) in [5, 5.41) is 9.04. The molecule has 1 heterocycles. The Morgan fingerprint density at radius 1 is 1.48 bits per heavy atom. The quantitative estimate of drug-likeness (QED) is 0.741. The molecule has 0 fully saturated rings. The molecule has 0 unspecified atom stereocenters. The van der Waals surface area contributed by atoms with Crippen LogP contribution in [0.25, 0.3) is 0 Å². The largest absolute Gasteiger partial charge is 0.477 e. The zero-order valence-corrected chi connectivity index (χ0v) is 13.6. The smallest absolute Gasteiger partial charge is 0.352 e. The average molecular weight is 317 g/mol. The number of sulfonamides is 1. The van der Waals surface area contributed by atoms with Gasteiger partial charge in [-0.05, 0) is 33.9 Å². The fourth-order valence-corrected chi connectivity index (χ4v) is 2.83. The molecule has 0 aliphatic rings. The third-order valence-electron chi connectivity index (χ3n) is 3.38. The van der Waals surface area contributed by atoms with Crippen LogP contribution in [-0.2, 0) is 16.6 Å². The minimum Gasteiger partial charge on any atom is -0.477 e. The van der Waals surface area contributed by atoms with Gasteiger partial charge >= 0.3 is 5.97 Å². The van der Waals surface area contributed by atoms with Gasteiger partial charge in [-0.25, -0.2) is 17.9 Å². The van der Waals surface area contributed by atoms with Gasteiger partial charge in [-0.2, -0.15) is 0 Å². The summed E-state index contributed by atoms with van der Waals surface area (Å²) in [5.41, 5.74) is -0.0304. The van der Waals surface area contributed by atoms with E-state index in [2.05, 4.69) is 4.72 Å². The number of carbonyl (C=O) groups is 1. The monoisotopic (exact) mass is 317 g/mol. The van der Waals surface area contributed by atoms with Crippen LogP contribution in [0.3, 0.4) is 0 Å². The van der Waals surface area contributed by atoms with Gasteiger partial charge in [-0.3, -0.25) is 0 Å². The Labute approximate surface area is 125 Å². The lowest BCUT2D eigenvalue weighted by Crippen LogP contribution is -2.36. The van der Waals surface area contributed by atoms with Gasteiger partial charge in [0.15, 0.2) is 0 Å². The lowest BCUT2D eigenvalue weighted by Gasteiger charge is -2.20. The molecule has 0 aromatic carbocycles. The van der Waals surface area contributed by atoms with Gasteiger partial charge in [0, 0.05) is 31.9 Å². The summed E-state index contributed by atoms with van der Waals surface area (Å²) in [6.07, 6.45) is 1.35. The second kappa shape index (κ2) is 7.06. The number of likely N-dealkylation sites (N-methyl/N-ethyl adjacent to an activating group) is 1. The van der Waals surface area contributed by atoms with Crippen molar-refractivity contribution in [3.05, 3.63) is 18.0 Å². The molecule has 7 nitrogen and oxygen atoms in total. The lowest BCUT2D eigenvalue weighted by atomic mass is 10.3. The van der Waals surface area contributed by atoms with E-state index in [1.54, 1.807) is 6.92 Å². The molecule has 0 radical (unpaired) electrons. The molecule has 0 bridgehead atoms. The van der Waals surface area contributed by atoms with Crippen molar-refractivity contribution in [2.75, 3.05) is 20.1 Å². The fraction of sp³-hybridized carbons (Fsp3) is 0.615. The number of aromatic nitrogens is 1. The summed E-state index contributed by atoms with van der Waals surface area (Å²) >= 11 is 0. The van der Waals surface area contributed by atoms with Crippen LogP contribution in [0.2, 0.25) is 0 Å². The highest BCUT2D eigenvalue weighted by atomic mass is 32.2. The predicted molar refractivity (Wildman–Crippen MR) is 80.0 cm³/mol. The van der Waals surface area contributed by atoms with E-state index >= 15 is 0 Å². The van der Waals surface area contributed by atoms with E-state index in [0.29, 0.717) is 19.1 Å². The summed E-state index contributed by atoms with van der Waals surface area (Å²) in [6, 6.07) is 1.51. The first-order valence-electron chi connectivity index (χ1n) is 6.82. The van der Waals surface area contributed by atoms with Gasteiger partial charge < -0.3 is 14.6 Å². The van der Waals surface area contributed by atoms with E-state index in [9.17, 15) is 13.2 Å². The van der Waals surface area contributed by atoms with Crippen molar-refractivity contribution in [2.45, 2.75) is 38.3 Å². The van der Waals surface area contributed by atoms with Gasteiger partial charge in [-0.15, -0.1) is 0 Å². The first kappa shape index (κ1) is 17.7. The average Bonchev–Trinajstić information content (AvgIpc) is 2.83. The molecule has 8 heteroatoms. The van der Waals surface area contributed by atoms with Crippen LogP contribution in [0.4, 0.5) is 0 Å². The Kier molecular flexibility index (Phi) is 5.94.